The van der Waals surface area contributed by atoms with E-state index in [-0.39, 0.29) is 5.54 Å². The molecule has 5 heteroatoms. The minimum Gasteiger partial charge on any atom is -0.365 e. The molecule has 0 spiro atoms. The highest BCUT2D eigenvalue weighted by atomic mass is 15.2. The maximum atomic E-state index is 5.75. The second-order valence-corrected chi connectivity index (χ2v) is 6.37. The Morgan fingerprint density at radius 2 is 2.16 bits per heavy atom. The van der Waals surface area contributed by atoms with E-state index < -0.39 is 0 Å². The number of nitrogens with one attached hydrogen (secondary N) is 1. The van der Waals surface area contributed by atoms with E-state index in [9.17, 15) is 0 Å². The maximum Gasteiger partial charge on any atom is 0.134 e. The van der Waals surface area contributed by atoms with Crippen molar-refractivity contribution in [1.29, 1.82) is 0 Å². The zero-order valence-electron chi connectivity index (χ0n) is 12.4. The molecule has 1 aliphatic rings. The predicted molar refractivity (Wildman–Crippen MR) is 79.5 cm³/mol. The largest absolute Gasteiger partial charge is 0.365 e. The summed E-state index contributed by atoms with van der Waals surface area (Å²) in [6.45, 7) is 11.1. The molecule has 0 radical (unpaired) electrons. The van der Waals surface area contributed by atoms with Gasteiger partial charge in [0.1, 0.15) is 17.5 Å². The molecule has 0 aliphatic carbocycles. The van der Waals surface area contributed by atoms with Gasteiger partial charge >= 0.3 is 0 Å². The monoisotopic (exact) mass is 263 g/mol. The summed E-state index contributed by atoms with van der Waals surface area (Å²) < 4.78 is 0. The second-order valence-electron chi connectivity index (χ2n) is 6.37. The van der Waals surface area contributed by atoms with Crippen molar-refractivity contribution in [3.63, 3.8) is 0 Å². The first kappa shape index (κ1) is 14.1. The Bertz CT molecular complexity index is 438. The van der Waals surface area contributed by atoms with Gasteiger partial charge in [0.2, 0.25) is 0 Å². The summed E-state index contributed by atoms with van der Waals surface area (Å²) in [6.07, 6.45) is 1.15. The molecular weight excluding hydrogens is 238 g/mol. The average Bonchev–Trinajstić information content (AvgIpc) is 2.74. The lowest BCUT2D eigenvalue weighted by Gasteiger charge is -2.23. The fourth-order valence-electron chi connectivity index (χ4n) is 2.40. The second kappa shape index (κ2) is 5.33. The third kappa shape index (κ3) is 3.80. The fourth-order valence-corrected chi connectivity index (χ4v) is 2.40. The lowest BCUT2D eigenvalue weighted by atomic mass is 10.1. The molecule has 0 amide bonds. The summed E-state index contributed by atoms with van der Waals surface area (Å²) in [5, 5.41) is 3.41. The molecule has 0 aromatic carbocycles. The summed E-state index contributed by atoms with van der Waals surface area (Å²) in [5.74, 6) is 3.30. The number of hydrogen-bond acceptors (Lipinski definition) is 5. The van der Waals surface area contributed by atoms with E-state index in [4.69, 9.17) is 5.73 Å². The van der Waals surface area contributed by atoms with Crippen LogP contribution in [0.25, 0.3) is 0 Å². The highest BCUT2D eigenvalue weighted by molar-refractivity contribution is 5.51. The lowest BCUT2D eigenvalue weighted by Crippen LogP contribution is -2.28. The Hall–Kier alpha value is -1.36. The van der Waals surface area contributed by atoms with Crippen molar-refractivity contribution >= 4 is 11.6 Å². The molecule has 1 aromatic heterocycles. The van der Waals surface area contributed by atoms with E-state index in [1.54, 1.807) is 0 Å². The molecule has 5 nitrogen and oxygen atoms in total. The number of rotatable bonds is 3. The first-order chi connectivity index (χ1) is 8.87. The molecule has 2 rings (SSSR count). The highest BCUT2D eigenvalue weighted by Crippen LogP contribution is 2.24. The van der Waals surface area contributed by atoms with Gasteiger partial charge in [0, 0.05) is 24.7 Å². The van der Waals surface area contributed by atoms with Crippen LogP contribution in [0.1, 0.15) is 33.0 Å². The number of nitrogens with two attached hydrogens (primary N) is 1. The van der Waals surface area contributed by atoms with Crippen molar-refractivity contribution in [2.24, 2.45) is 11.7 Å². The van der Waals surface area contributed by atoms with Gasteiger partial charge in [-0.05, 0) is 46.6 Å². The Kier molecular flexibility index (Phi) is 3.94. The predicted octanol–water partition coefficient (Wildman–Crippen LogP) is 1.78. The summed E-state index contributed by atoms with van der Waals surface area (Å²) >= 11 is 0. The van der Waals surface area contributed by atoms with E-state index in [0.29, 0.717) is 5.92 Å². The van der Waals surface area contributed by atoms with Gasteiger partial charge in [-0.15, -0.1) is 0 Å². The van der Waals surface area contributed by atoms with E-state index in [0.717, 1.165) is 43.5 Å². The van der Waals surface area contributed by atoms with Crippen LogP contribution in [0.3, 0.4) is 0 Å². The molecule has 0 bridgehead atoms. The minimum absolute atomic E-state index is 0.00284. The maximum absolute atomic E-state index is 5.75. The topological polar surface area (TPSA) is 67.1 Å². The quantitative estimate of drug-likeness (QED) is 0.870. The Balaban J connectivity index is 2.17. The van der Waals surface area contributed by atoms with Crippen molar-refractivity contribution in [2.45, 2.75) is 39.7 Å². The third-order valence-corrected chi connectivity index (χ3v) is 3.27. The van der Waals surface area contributed by atoms with Crippen LogP contribution < -0.4 is 16.0 Å². The molecule has 106 valence electrons. The van der Waals surface area contributed by atoms with Gasteiger partial charge < -0.3 is 16.0 Å². The van der Waals surface area contributed by atoms with Crippen molar-refractivity contribution in [2.75, 3.05) is 29.9 Å². The summed E-state index contributed by atoms with van der Waals surface area (Å²) in [6, 6.07) is 2.04. The van der Waals surface area contributed by atoms with E-state index in [2.05, 4.69) is 41.0 Å². The number of anilines is 2. The van der Waals surface area contributed by atoms with Crippen molar-refractivity contribution in [3.8, 4) is 0 Å². The Morgan fingerprint density at radius 3 is 2.74 bits per heavy atom. The summed E-state index contributed by atoms with van der Waals surface area (Å²) in [4.78, 5) is 11.3. The molecular formula is C14H25N5. The van der Waals surface area contributed by atoms with Crippen molar-refractivity contribution in [3.05, 3.63) is 11.9 Å². The van der Waals surface area contributed by atoms with Gasteiger partial charge in [-0.3, -0.25) is 0 Å². The summed E-state index contributed by atoms with van der Waals surface area (Å²) in [5.41, 5.74) is 5.75. The Morgan fingerprint density at radius 1 is 1.42 bits per heavy atom. The standard InChI is InChI=1S/C14H25N5/c1-10-16-12(18-14(2,3)4)7-13(17-10)19-6-5-11(8-15)9-19/h7,11H,5-6,8-9,15H2,1-4H3,(H,16,17,18). The molecule has 1 atom stereocenters. The number of aromatic nitrogens is 2. The van der Waals surface area contributed by atoms with Gasteiger partial charge in [0.15, 0.2) is 0 Å². The third-order valence-electron chi connectivity index (χ3n) is 3.27. The van der Waals surface area contributed by atoms with Crippen LogP contribution in [0.5, 0.6) is 0 Å². The summed E-state index contributed by atoms with van der Waals surface area (Å²) in [7, 11) is 0. The van der Waals surface area contributed by atoms with Crippen molar-refractivity contribution < 1.29 is 0 Å². The molecule has 3 N–H and O–H groups in total. The van der Waals surface area contributed by atoms with Gasteiger partial charge in [-0.1, -0.05) is 0 Å². The van der Waals surface area contributed by atoms with Crippen LogP contribution in [0.4, 0.5) is 11.6 Å². The molecule has 19 heavy (non-hydrogen) atoms. The van der Waals surface area contributed by atoms with Gasteiger partial charge in [0.25, 0.3) is 0 Å². The van der Waals surface area contributed by atoms with Crippen LogP contribution in [0.15, 0.2) is 6.07 Å². The molecule has 2 heterocycles. The SMILES string of the molecule is Cc1nc(NC(C)(C)C)cc(N2CCC(CN)C2)n1. The number of nitrogens with zero attached hydrogens (tertiary/aromatic N) is 3. The first-order valence-corrected chi connectivity index (χ1v) is 6.96. The lowest BCUT2D eigenvalue weighted by molar-refractivity contribution is 0.602. The normalized spacial score (nSPS) is 19.8. The van der Waals surface area contributed by atoms with Crippen LogP contribution >= 0.6 is 0 Å². The molecule has 1 unspecified atom stereocenters. The molecule has 1 aromatic rings. The van der Waals surface area contributed by atoms with E-state index in [1.165, 1.54) is 0 Å². The van der Waals surface area contributed by atoms with E-state index in [1.807, 2.05) is 13.0 Å². The van der Waals surface area contributed by atoms with E-state index >= 15 is 0 Å². The fraction of sp³-hybridized carbons (Fsp3) is 0.714. The molecule has 1 saturated heterocycles. The Labute approximate surface area is 115 Å². The number of aryl methyl sites for hydroxylation is 1. The molecule has 0 saturated carbocycles. The highest BCUT2D eigenvalue weighted by Gasteiger charge is 2.23. The van der Waals surface area contributed by atoms with Crippen LogP contribution in [-0.2, 0) is 0 Å². The van der Waals surface area contributed by atoms with Crippen LogP contribution in [0, 0.1) is 12.8 Å². The first-order valence-electron chi connectivity index (χ1n) is 6.96. The van der Waals surface area contributed by atoms with Gasteiger partial charge in [0.05, 0.1) is 0 Å². The average molecular weight is 263 g/mol. The zero-order valence-corrected chi connectivity index (χ0v) is 12.4. The van der Waals surface area contributed by atoms with Gasteiger partial charge in [-0.2, -0.15) is 0 Å². The minimum atomic E-state index is 0.00284. The number of hydrogen-bond donors (Lipinski definition) is 2. The van der Waals surface area contributed by atoms with Crippen LogP contribution in [0.2, 0.25) is 0 Å². The smallest absolute Gasteiger partial charge is 0.134 e. The van der Waals surface area contributed by atoms with Crippen LogP contribution in [-0.4, -0.2) is 35.1 Å². The molecule has 1 aliphatic heterocycles. The molecule has 1 fully saturated rings. The van der Waals surface area contributed by atoms with Gasteiger partial charge in [-0.25, -0.2) is 9.97 Å². The van der Waals surface area contributed by atoms with Crippen molar-refractivity contribution in [1.82, 2.24) is 9.97 Å². The zero-order chi connectivity index (χ0) is 14.0.